The van der Waals surface area contributed by atoms with E-state index in [1.807, 2.05) is 6.92 Å². The Morgan fingerprint density at radius 1 is 1.32 bits per heavy atom. The first kappa shape index (κ1) is 13.2. The molecular formula is C13H15FN4O. The molecular weight excluding hydrogens is 247 g/mol. The first-order valence-electron chi connectivity index (χ1n) is 5.98. The van der Waals surface area contributed by atoms with Crippen molar-refractivity contribution in [1.82, 2.24) is 20.1 Å². The van der Waals surface area contributed by atoms with Crippen molar-refractivity contribution in [1.29, 1.82) is 0 Å². The number of carbonyl (C=O) groups is 1. The zero-order chi connectivity index (χ0) is 13.8. The van der Waals surface area contributed by atoms with Crippen molar-refractivity contribution in [2.75, 3.05) is 0 Å². The Hall–Kier alpha value is -2.24. The van der Waals surface area contributed by atoms with Gasteiger partial charge in [0.25, 0.3) is 0 Å². The first-order valence-corrected chi connectivity index (χ1v) is 5.98. The lowest BCUT2D eigenvalue weighted by Gasteiger charge is -2.17. The molecule has 0 aliphatic carbocycles. The maximum atomic E-state index is 12.8. The Labute approximate surface area is 110 Å². The second kappa shape index (κ2) is 5.60. The van der Waals surface area contributed by atoms with Crippen LogP contribution in [-0.2, 0) is 4.79 Å². The van der Waals surface area contributed by atoms with Gasteiger partial charge in [-0.05, 0) is 31.5 Å². The van der Waals surface area contributed by atoms with Crippen LogP contribution in [0.1, 0.15) is 31.5 Å². The fraction of sp³-hybridized carbons (Fsp3) is 0.308. The highest BCUT2D eigenvalue weighted by molar-refractivity contribution is 5.80. The highest BCUT2D eigenvalue weighted by atomic mass is 19.1. The average molecular weight is 262 g/mol. The van der Waals surface area contributed by atoms with E-state index in [2.05, 4.69) is 15.4 Å². The third kappa shape index (κ3) is 3.15. The lowest BCUT2D eigenvalue weighted by Crippen LogP contribution is -2.33. The van der Waals surface area contributed by atoms with Crippen molar-refractivity contribution in [3.8, 4) is 0 Å². The smallest absolute Gasteiger partial charge is 0.245 e. The van der Waals surface area contributed by atoms with Gasteiger partial charge in [-0.3, -0.25) is 4.79 Å². The fourth-order valence-corrected chi connectivity index (χ4v) is 1.71. The summed E-state index contributed by atoms with van der Waals surface area (Å²) < 4.78 is 14.3. The maximum Gasteiger partial charge on any atom is 0.245 e. The predicted molar refractivity (Wildman–Crippen MR) is 67.7 cm³/mol. The second-order valence-electron chi connectivity index (χ2n) is 4.33. The van der Waals surface area contributed by atoms with Crippen LogP contribution in [0.15, 0.2) is 36.9 Å². The molecule has 0 aliphatic heterocycles. The zero-order valence-electron chi connectivity index (χ0n) is 10.7. The molecule has 5 nitrogen and oxygen atoms in total. The second-order valence-corrected chi connectivity index (χ2v) is 4.33. The molecule has 1 aromatic heterocycles. The molecule has 1 amide bonds. The fourth-order valence-electron chi connectivity index (χ4n) is 1.71. The van der Waals surface area contributed by atoms with Gasteiger partial charge in [-0.1, -0.05) is 12.1 Å². The molecule has 6 heteroatoms. The van der Waals surface area contributed by atoms with Crippen LogP contribution in [0, 0.1) is 5.82 Å². The SMILES string of the molecule is C[C@H](NC(=O)[C@H](C)n1cncn1)c1ccc(F)cc1. The average Bonchev–Trinajstić information content (AvgIpc) is 2.92. The number of rotatable bonds is 4. The molecule has 1 heterocycles. The van der Waals surface area contributed by atoms with Crippen LogP contribution >= 0.6 is 0 Å². The van der Waals surface area contributed by atoms with E-state index >= 15 is 0 Å². The minimum Gasteiger partial charge on any atom is -0.348 e. The normalized spacial score (nSPS) is 13.8. The van der Waals surface area contributed by atoms with Crippen LogP contribution < -0.4 is 5.32 Å². The van der Waals surface area contributed by atoms with Crippen molar-refractivity contribution < 1.29 is 9.18 Å². The van der Waals surface area contributed by atoms with Gasteiger partial charge in [0.15, 0.2) is 0 Å². The van der Waals surface area contributed by atoms with E-state index in [9.17, 15) is 9.18 Å². The van der Waals surface area contributed by atoms with E-state index in [1.54, 1.807) is 19.1 Å². The monoisotopic (exact) mass is 262 g/mol. The molecule has 0 bridgehead atoms. The van der Waals surface area contributed by atoms with Crippen molar-refractivity contribution in [2.45, 2.75) is 25.9 Å². The molecule has 2 aromatic rings. The highest BCUT2D eigenvalue weighted by Gasteiger charge is 2.18. The molecule has 19 heavy (non-hydrogen) atoms. The number of amides is 1. The Kier molecular flexibility index (Phi) is 3.89. The van der Waals surface area contributed by atoms with E-state index in [-0.39, 0.29) is 17.8 Å². The molecule has 0 saturated heterocycles. The van der Waals surface area contributed by atoms with E-state index < -0.39 is 6.04 Å². The minimum absolute atomic E-state index is 0.165. The molecule has 1 aromatic carbocycles. The van der Waals surface area contributed by atoms with Gasteiger partial charge in [0.05, 0.1) is 6.04 Å². The van der Waals surface area contributed by atoms with Crippen LogP contribution in [0.4, 0.5) is 4.39 Å². The molecule has 2 atom stereocenters. The summed E-state index contributed by atoms with van der Waals surface area (Å²) in [4.78, 5) is 15.8. The molecule has 100 valence electrons. The summed E-state index contributed by atoms with van der Waals surface area (Å²) >= 11 is 0. The third-order valence-corrected chi connectivity index (χ3v) is 2.94. The number of hydrogen-bond acceptors (Lipinski definition) is 3. The third-order valence-electron chi connectivity index (χ3n) is 2.94. The van der Waals surface area contributed by atoms with Gasteiger partial charge < -0.3 is 5.32 Å². The Bertz CT molecular complexity index is 538. The van der Waals surface area contributed by atoms with E-state index in [1.165, 1.54) is 29.5 Å². The minimum atomic E-state index is -0.439. The largest absolute Gasteiger partial charge is 0.348 e. The molecule has 0 radical (unpaired) electrons. The quantitative estimate of drug-likeness (QED) is 0.914. The van der Waals surface area contributed by atoms with Crippen LogP contribution in [0.3, 0.4) is 0 Å². The molecule has 0 saturated carbocycles. The van der Waals surface area contributed by atoms with Crippen LogP contribution in [0.2, 0.25) is 0 Å². The van der Waals surface area contributed by atoms with Crippen molar-refractivity contribution >= 4 is 5.91 Å². The predicted octanol–water partition coefficient (Wildman–Crippen LogP) is 1.86. The maximum absolute atomic E-state index is 12.8. The van der Waals surface area contributed by atoms with E-state index in [0.717, 1.165) is 5.56 Å². The first-order chi connectivity index (χ1) is 9.08. The van der Waals surface area contributed by atoms with Crippen LogP contribution in [0.5, 0.6) is 0 Å². The van der Waals surface area contributed by atoms with Gasteiger partial charge in [0, 0.05) is 0 Å². The van der Waals surface area contributed by atoms with E-state index in [0.29, 0.717) is 0 Å². The Morgan fingerprint density at radius 3 is 2.58 bits per heavy atom. The summed E-state index contributed by atoms with van der Waals surface area (Å²) in [5.74, 6) is -0.458. The Morgan fingerprint density at radius 2 is 2.00 bits per heavy atom. The number of nitrogens with one attached hydrogen (secondary N) is 1. The summed E-state index contributed by atoms with van der Waals surface area (Å²) in [6, 6.07) is 5.42. The number of nitrogens with zero attached hydrogens (tertiary/aromatic N) is 3. The summed E-state index contributed by atoms with van der Waals surface area (Å²) in [6.45, 7) is 3.58. The van der Waals surface area contributed by atoms with Gasteiger partial charge in [-0.25, -0.2) is 14.1 Å². The molecule has 2 rings (SSSR count). The standard InChI is InChI=1S/C13H15FN4O/c1-9(11-3-5-12(14)6-4-11)17-13(19)10(2)18-8-15-7-16-18/h3-10H,1-2H3,(H,17,19)/t9-,10-/m0/s1. The van der Waals surface area contributed by atoms with Gasteiger partial charge >= 0.3 is 0 Å². The number of carbonyl (C=O) groups excluding carboxylic acids is 1. The van der Waals surface area contributed by atoms with Gasteiger partial charge in [0.1, 0.15) is 24.5 Å². The number of aromatic nitrogens is 3. The van der Waals surface area contributed by atoms with Crippen LogP contribution in [-0.4, -0.2) is 20.7 Å². The summed E-state index contributed by atoms with van der Waals surface area (Å²) in [6.07, 6.45) is 2.87. The topological polar surface area (TPSA) is 59.8 Å². The Balaban J connectivity index is 2.00. The summed E-state index contributed by atoms with van der Waals surface area (Å²) in [5, 5.41) is 6.78. The van der Waals surface area contributed by atoms with Crippen molar-refractivity contribution in [3.63, 3.8) is 0 Å². The van der Waals surface area contributed by atoms with Crippen molar-refractivity contribution in [3.05, 3.63) is 48.3 Å². The zero-order valence-corrected chi connectivity index (χ0v) is 10.7. The molecule has 0 spiro atoms. The lowest BCUT2D eigenvalue weighted by molar-refractivity contribution is -0.124. The lowest BCUT2D eigenvalue weighted by atomic mass is 10.1. The van der Waals surface area contributed by atoms with Crippen molar-refractivity contribution in [2.24, 2.45) is 0 Å². The number of benzene rings is 1. The summed E-state index contributed by atoms with van der Waals surface area (Å²) in [7, 11) is 0. The number of hydrogen-bond donors (Lipinski definition) is 1. The highest BCUT2D eigenvalue weighted by Crippen LogP contribution is 2.14. The van der Waals surface area contributed by atoms with Crippen LogP contribution in [0.25, 0.3) is 0 Å². The van der Waals surface area contributed by atoms with Gasteiger partial charge in [0.2, 0.25) is 5.91 Å². The van der Waals surface area contributed by atoms with Gasteiger partial charge in [-0.15, -0.1) is 0 Å². The molecule has 0 unspecified atom stereocenters. The molecule has 0 aliphatic rings. The molecule has 0 fully saturated rings. The number of halogens is 1. The van der Waals surface area contributed by atoms with Gasteiger partial charge in [-0.2, -0.15) is 5.10 Å². The summed E-state index contributed by atoms with van der Waals surface area (Å²) in [5.41, 5.74) is 0.848. The van der Waals surface area contributed by atoms with E-state index in [4.69, 9.17) is 0 Å². The molecule has 1 N–H and O–H groups in total.